The van der Waals surface area contributed by atoms with Crippen molar-refractivity contribution in [2.75, 3.05) is 5.43 Å². The number of thiazole rings is 1. The number of aromatic hydroxyl groups is 1. The number of nitrogens with one attached hydrogen (secondary N) is 1. The molecule has 0 amide bonds. The van der Waals surface area contributed by atoms with Crippen LogP contribution < -0.4 is 11.1 Å². The molecule has 9 heteroatoms. The Hall–Kier alpha value is -2.49. The zero-order valence-corrected chi connectivity index (χ0v) is 18.0. The van der Waals surface area contributed by atoms with E-state index in [0.717, 1.165) is 9.86 Å². The number of phenolic OH excluding ortho intramolecular Hbond substituents is 1. The van der Waals surface area contributed by atoms with Crippen LogP contribution in [0, 0.1) is 0 Å². The highest BCUT2D eigenvalue weighted by Crippen LogP contribution is 2.31. The minimum Gasteiger partial charge on any atom is -0.507 e. The number of nitrogens with zero attached hydrogens (tertiary/aromatic N) is 2. The van der Waals surface area contributed by atoms with E-state index < -0.39 is 5.63 Å². The lowest BCUT2D eigenvalue weighted by atomic mass is 10.1. The van der Waals surface area contributed by atoms with Gasteiger partial charge in [0.25, 0.3) is 0 Å². The second-order valence-electron chi connectivity index (χ2n) is 5.72. The molecule has 0 spiro atoms. The topological polar surface area (TPSA) is 87.7 Å². The lowest BCUT2D eigenvalue weighted by Gasteiger charge is -2.03. The van der Waals surface area contributed by atoms with Crippen LogP contribution in [-0.4, -0.2) is 16.3 Å². The predicted molar refractivity (Wildman–Crippen MR) is 118 cm³/mol. The van der Waals surface area contributed by atoms with Crippen LogP contribution in [-0.2, 0) is 0 Å². The quantitative estimate of drug-likeness (QED) is 0.208. The summed E-state index contributed by atoms with van der Waals surface area (Å²) in [7, 11) is 0. The lowest BCUT2D eigenvalue weighted by Crippen LogP contribution is -2.03. The molecule has 140 valence electrons. The number of halogens is 2. The van der Waals surface area contributed by atoms with E-state index in [1.165, 1.54) is 17.6 Å². The van der Waals surface area contributed by atoms with E-state index in [1.807, 2.05) is 12.1 Å². The summed E-state index contributed by atoms with van der Waals surface area (Å²) in [6.45, 7) is 0. The second kappa shape index (κ2) is 7.86. The Morgan fingerprint density at radius 3 is 2.86 bits per heavy atom. The maximum atomic E-state index is 12.4. The number of hydrogen-bond donors (Lipinski definition) is 2. The summed E-state index contributed by atoms with van der Waals surface area (Å²) < 4.78 is 7.02. The van der Waals surface area contributed by atoms with E-state index in [2.05, 4.69) is 47.4 Å². The molecule has 0 unspecified atom stereocenters. The van der Waals surface area contributed by atoms with Crippen LogP contribution in [0.2, 0.25) is 0 Å². The first-order valence-corrected chi connectivity index (χ1v) is 10.4. The monoisotopic (exact) mass is 519 g/mol. The van der Waals surface area contributed by atoms with Crippen molar-refractivity contribution in [2.24, 2.45) is 5.10 Å². The zero-order valence-electron chi connectivity index (χ0n) is 14.0. The number of hydrazone groups is 1. The minimum absolute atomic E-state index is 0.138. The molecule has 6 nitrogen and oxygen atoms in total. The molecule has 0 aliphatic carbocycles. The standard InChI is InChI=1S/C19H11Br2N3O3S/c20-12-5-11-6-13(18(26)27-17(11)14(21)7-12)15-9-28-19(23-15)24-22-8-10-3-1-2-4-16(10)25/h1-9,25H,(H,23,24)/b22-8+. The Bertz CT molecular complexity index is 1270. The smallest absolute Gasteiger partial charge is 0.345 e. The average molecular weight is 521 g/mol. The van der Waals surface area contributed by atoms with Crippen molar-refractivity contribution in [3.05, 3.63) is 72.8 Å². The maximum absolute atomic E-state index is 12.4. The van der Waals surface area contributed by atoms with Crippen LogP contribution >= 0.6 is 43.2 Å². The average Bonchev–Trinajstić information content (AvgIpc) is 3.12. The summed E-state index contributed by atoms with van der Waals surface area (Å²) in [5.41, 5.74) is 4.27. The highest BCUT2D eigenvalue weighted by molar-refractivity contribution is 9.11. The van der Waals surface area contributed by atoms with Crippen LogP contribution in [0.5, 0.6) is 5.75 Å². The van der Waals surface area contributed by atoms with Crippen molar-refractivity contribution in [1.82, 2.24) is 4.98 Å². The van der Waals surface area contributed by atoms with Gasteiger partial charge in [0.15, 0.2) is 5.58 Å². The van der Waals surface area contributed by atoms with Gasteiger partial charge in [-0.15, -0.1) is 11.3 Å². The molecule has 2 heterocycles. The molecule has 0 saturated carbocycles. The van der Waals surface area contributed by atoms with Crippen molar-refractivity contribution < 1.29 is 9.52 Å². The molecule has 4 aromatic rings. The van der Waals surface area contributed by atoms with E-state index in [-0.39, 0.29) is 5.75 Å². The van der Waals surface area contributed by atoms with Crippen LogP contribution in [0.1, 0.15) is 5.56 Å². The van der Waals surface area contributed by atoms with Gasteiger partial charge in [0.2, 0.25) is 5.13 Å². The van der Waals surface area contributed by atoms with Gasteiger partial charge in [0.05, 0.1) is 21.9 Å². The third-order valence-electron chi connectivity index (χ3n) is 3.83. The molecular formula is C19H11Br2N3O3S. The molecule has 0 radical (unpaired) electrons. The number of benzene rings is 2. The van der Waals surface area contributed by atoms with E-state index in [9.17, 15) is 9.90 Å². The molecule has 28 heavy (non-hydrogen) atoms. The Labute approximate surface area is 179 Å². The highest BCUT2D eigenvalue weighted by Gasteiger charge is 2.13. The summed E-state index contributed by atoms with van der Waals surface area (Å²) in [5.74, 6) is 0.138. The summed E-state index contributed by atoms with van der Waals surface area (Å²) in [6.07, 6.45) is 1.50. The zero-order chi connectivity index (χ0) is 19.7. The fraction of sp³-hybridized carbons (Fsp3) is 0. The molecule has 0 aliphatic rings. The molecule has 0 aliphatic heterocycles. The Balaban J connectivity index is 1.61. The van der Waals surface area contributed by atoms with Gasteiger partial charge in [-0.05, 0) is 46.3 Å². The number of rotatable bonds is 4. The van der Waals surface area contributed by atoms with Gasteiger partial charge in [0.1, 0.15) is 5.75 Å². The molecule has 2 N–H and O–H groups in total. The van der Waals surface area contributed by atoms with Crippen molar-refractivity contribution in [2.45, 2.75) is 0 Å². The number of hydrogen-bond acceptors (Lipinski definition) is 7. The van der Waals surface area contributed by atoms with Gasteiger partial charge < -0.3 is 9.52 Å². The lowest BCUT2D eigenvalue weighted by molar-refractivity contribution is 0.474. The summed E-state index contributed by atoms with van der Waals surface area (Å²) in [5, 5.41) is 16.8. The van der Waals surface area contributed by atoms with Gasteiger partial charge in [-0.3, -0.25) is 5.43 Å². The molecule has 4 rings (SSSR count). The highest BCUT2D eigenvalue weighted by atomic mass is 79.9. The van der Waals surface area contributed by atoms with E-state index >= 15 is 0 Å². The molecular weight excluding hydrogens is 510 g/mol. The van der Waals surface area contributed by atoms with Crippen LogP contribution in [0.25, 0.3) is 22.2 Å². The number of fused-ring (bicyclic) bond motifs is 1. The van der Waals surface area contributed by atoms with Gasteiger partial charge in [-0.25, -0.2) is 9.78 Å². The molecule has 0 saturated heterocycles. The molecule has 2 aromatic heterocycles. The summed E-state index contributed by atoms with van der Waals surface area (Å²) in [6, 6.07) is 12.3. The fourth-order valence-corrected chi connectivity index (χ4v) is 4.54. The number of aromatic nitrogens is 1. The SMILES string of the molecule is O=c1oc2c(Br)cc(Br)cc2cc1-c1csc(N/N=C/c2ccccc2O)n1. The fourth-order valence-electron chi connectivity index (χ4n) is 2.54. The van der Waals surface area contributed by atoms with Crippen molar-refractivity contribution in [1.29, 1.82) is 0 Å². The van der Waals surface area contributed by atoms with Crippen molar-refractivity contribution in [3.8, 4) is 17.0 Å². The number of anilines is 1. The molecule has 0 bridgehead atoms. The van der Waals surface area contributed by atoms with Gasteiger partial charge in [-0.2, -0.15) is 5.10 Å². The third-order valence-corrected chi connectivity index (χ3v) is 5.63. The van der Waals surface area contributed by atoms with Gasteiger partial charge in [0, 0.05) is 20.8 Å². The normalized spacial score (nSPS) is 11.4. The molecule has 2 aromatic carbocycles. The first kappa shape index (κ1) is 18.9. The minimum atomic E-state index is -0.468. The predicted octanol–water partition coefficient (Wildman–Crippen LogP) is 5.59. The molecule has 0 fully saturated rings. The molecule has 0 atom stereocenters. The van der Waals surface area contributed by atoms with Crippen molar-refractivity contribution in [3.63, 3.8) is 0 Å². The third kappa shape index (κ3) is 3.87. The van der Waals surface area contributed by atoms with Crippen LogP contribution in [0.15, 0.2) is 71.1 Å². The Kier molecular flexibility index (Phi) is 5.29. The van der Waals surface area contributed by atoms with Crippen LogP contribution in [0.4, 0.5) is 5.13 Å². The maximum Gasteiger partial charge on any atom is 0.345 e. The number of phenols is 1. The first-order chi connectivity index (χ1) is 13.5. The van der Waals surface area contributed by atoms with Crippen molar-refractivity contribution >= 4 is 65.5 Å². The van der Waals surface area contributed by atoms with E-state index in [1.54, 1.807) is 35.7 Å². The summed E-state index contributed by atoms with van der Waals surface area (Å²) >= 11 is 8.14. The summed E-state index contributed by atoms with van der Waals surface area (Å²) in [4.78, 5) is 16.8. The Morgan fingerprint density at radius 1 is 1.21 bits per heavy atom. The first-order valence-electron chi connectivity index (χ1n) is 7.97. The van der Waals surface area contributed by atoms with Gasteiger partial charge in [-0.1, -0.05) is 28.1 Å². The second-order valence-corrected chi connectivity index (χ2v) is 8.35. The van der Waals surface area contributed by atoms with Gasteiger partial charge >= 0.3 is 5.63 Å². The van der Waals surface area contributed by atoms with Crippen LogP contribution in [0.3, 0.4) is 0 Å². The van der Waals surface area contributed by atoms with E-state index in [4.69, 9.17) is 4.42 Å². The Morgan fingerprint density at radius 2 is 2.04 bits per heavy atom. The largest absolute Gasteiger partial charge is 0.507 e. The van der Waals surface area contributed by atoms with E-state index in [0.29, 0.717) is 32.0 Å². The number of para-hydroxylation sites is 1.